The molecule has 2 heterocycles. The number of aromatic amines is 2. The van der Waals surface area contributed by atoms with E-state index in [1.165, 1.54) is 0 Å². The molecule has 3 rings (SSSR count). The highest BCUT2D eigenvalue weighted by atomic mass is 16.1. The van der Waals surface area contributed by atoms with Crippen molar-refractivity contribution in [3.8, 4) is 11.4 Å². The smallest absolute Gasteiger partial charge is 0.251 e. The molecule has 0 atom stereocenters. The predicted octanol–water partition coefficient (Wildman–Crippen LogP) is 2.24. The van der Waals surface area contributed by atoms with Gasteiger partial charge >= 0.3 is 0 Å². The first kappa shape index (κ1) is 15.3. The van der Waals surface area contributed by atoms with Crippen LogP contribution in [0.2, 0.25) is 0 Å². The Morgan fingerprint density at radius 1 is 1.22 bits per heavy atom. The van der Waals surface area contributed by atoms with Crippen molar-refractivity contribution >= 4 is 16.8 Å². The molecular formula is C17H21N5O. The maximum atomic E-state index is 12.2. The zero-order valence-electron chi connectivity index (χ0n) is 13.4. The third-order valence-corrected chi connectivity index (χ3v) is 3.74. The zero-order valence-corrected chi connectivity index (χ0v) is 13.4. The van der Waals surface area contributed by atoms with Gasteiger partial charge in [-0.25, -0.2) is 0 Å². The molecule has 0 aliphatic heterocycles. The van der Waals surface area contributed by atoms with E-state index in [0.717, 1.165) is 35.3 Å². The summed E-state index contributed by atoms with van der Waals surface area (Å²) in [6, 6.07) is 9.65. The normalized spacial score (nSPS) is 11.3. The third kappa shape index (κ3) is 3.60. The summed E-state index contributed by atoms with van der Waals surface area (Å²) in [6.45, 7) is 1.64. The fraction of sp³-hybridized carbons (Fsp3) is 0.294. The van der Waals surface area contributed by atoms with Crippen LogP contribution in [0, 0.1) is 0 Å². The summed E-state index contributed by atoms with van der Waals surface area (Å²) >= 11 is 0. The molecule has 0 bridgehead atoms. The van der Waals surface area contributed by atoms with Crippen molar-refractivity contribution in [2.75, 3.05) is 27.2 Å². The molecule has 6 heteroatoms. The largest absolute Gasteiger partial charge is 0.353 e. The van der Waals surface area contributed by atoms with Gasteiger partial charge in [0.15, 0.2) is 0 Å². The highest BCUT2D eigenvalue weighted by molar-refractivity contribution is 5.98. The molecule has 0 saturated carbocycles. The van der Waals surface area contributed by atoms with Gasteiger partial charge in [0.25, 0.3) is 5.91 Å². The van der Waals surface area contributed by atoms with Crippen molar-refractivity contribution in [1.29, 1.82) is 0 Å². The number of benzene rings is 1. The van der Waals surface area contributed by atoms with Crippen LogP contribution < -0.4 is 5.32 Å². The number of nitrogens with one attached hydrogen (secondary N) is 3. The summed E-state index contributed by atoms with van der Waals surface area (Å²) in [7, 11) is 4.05. The van der Waals surface area contributed by atoms with Crippen molar-refractivity contribution in [3.05, 3.63) is 42.1 Å². The Kier molecular flexibility index (Phi) is 4.43. The highest BCUT2D eigenvalue weighted by Crippen LogP contribution is 2.23. The van der Waals surface area contributed by atoms with E-state index in [4.69, 9.17) is 0 Å². The summed E-state index contributed by atoms with van der Waals surface area (Å²) in [5.74, 6) is -0.0386. The molecule has 23 heavy (non-hydrogen) atoms. The van der Waals surface area contributed by atoms with Gasteiger partial charge in [-0.15, -0.1) is 0 Å². The lowest BCUT2D eigenvalue weighted by molar-refractivity contribution is 0.0952. The first-order chi connectivity index (χ1) is 11.1. The van der Waals surface area contributed by atoms with Gasteiger partial charge in [-0.2, -0.15) is 5.10 Å². The second-order valence-corrected chi connectivity index (χ2v) is 5.87. The van der Waals surface area contributed by atoms with E-state index < -0.39 is 0 Å². The highest BCUT2D eigenvalue weighted by Gasteiger charge is 2.09. The number of carbonyl (C=O) groups is 1. The molecule has 0 fully saturated rings. The van der Waals surface area contributed by atoms with Crippen LogP contribution in [0.4, 0.5) is 0 Å². The number of aromatic nitrogens is 3. The van der Waals surface area contributed by atoms with Gasteiger partial charge in [-0.3, -0.25) is 9.89 Å². The van der Waals surface area contributed by atoms with Gasteiger partial charge in [-0.1, -0.05) is 6.07 Å². The molecule has 0 aliphatic carbocycles. The van der Waals surface area contributed by atoms with E-state index in [9.17, 15) is 4.79 Å². The van der Waals surface area contributed by atoms with Crippen LogP contribution in [-0.2, 0) is 0 Å². The molecule has 1 aromatic carbocycles. The molecule has 6 nitrogen and oxygen atoms in total. The van der Waals surface area contributed by atoms with Gasteiger partial charge in [-0.05, 0) is 51.3 Å². The zero-order chi connectivity index (χ0) is 16.2. The number of fused-ring (bicyclic) bond motifs is 1. The number of rotatable bonds is 6. The Morgan fingerprint density at radius 2 is 2.09 bits per heavy atom. The van der Waals surface area contributed by atoms with Gasteiger partial charge in [0.05, 0.1) is 11.4 Å². The molecule has 3 aromatic rings. The summed E-state index contributed by atoms with van der Waals surface area (Å²) in [5, 5.41) is 10.9. The first-order valence-electron chi connectivity index (χ1n) is 7.69. The minimum atomic E-state index is -0.0386. The molecule has 1 amide bonds. The molecule has 0 radical (unpaired) electrons. The average Bonchev–Trinajstić information content (AvgIpc) is 3.18. The standard InChI is InChI=1S/C17H21N5O/c1-22(2)9-3-7-18-17(23)13-5-4-12-10-16(20-15(12)11-13)14-6-8-19-21-14/h4-6,8,10-11,20H,3,7,9H2,1-2H3,(H,18,23)(H,19,21). The Balaban J connectivity index is 1.71. The van der Waals surface area contributed by atoms with E-state index in [0.29, 0.717) is 12.1 Å². The number of hydrogen-bond donors (Lipinski definition) is 3. The molecular weight excluding hydrogens is 290 g/mol. The average molecular weight is 311 g/mol. The van der Waals surface area contributed by atoms with Crippen molar-refractivity contribution in [3.63, 3.8) is 0 Å². The fourth-order valence-corrected chi connectivity index (χ4v) is 2.52. The molecule has 3 N–H and O–H groups in total. The van der Waals surface area contributed by atoms with Crippen molar-refractivity contribution in [2.24, 2.45) is 0 Å². The molecule has 120 valence electrons. The number of amides is 1. The molecule has 2 aromatic heterocycles. The van der Waals surface area contributed by atoms with Gasteiger partial charge < -0.3 is 15.2 Å². The maximum absolute atomic E-state index is 12.2. The van der Waals surface area contributed by atoms with Gasteiger partial charge in [0.2, 0.25) is 0 Å². The summed E-state index contributed by atoms with van der Waals surface area (Å²) in [4.78, 5) is 17.6. The Labute approximate surface area is 134 Å². The van der Waals surface area contributed by atoms with Gasteiger partial charge in [0, 0.05) is 29.2 Å². The summed E-state index contributed by atoms with van der Waals surface area (Å²) < 4.78 is 0. The van der Waals surface area contributed by atoms with Crippen LogP contribution in [0.3, 0.4) is 0 Å². The van der Waals surface area contributed by atoms with E-state index in [1.807, 2.05) is 44.4 Å². The van der Waals surface area contributed by atoms with E-state index in [1.54, 1.807) is 6.20 Å². The van der Waals surface area contributed by atoms with Crippen LogP contribution in [0.1, 0.15) is 16.8 Å². The van der Waals surface area contributed by atoms with Crippen LogP contribution in [0.5, 0.6) is 0 Å². The van der Waals surface area contributed by atoms with Crippen molar-refractivity contribution < 1.29 is 4.79 Å². The second kappa shape index (κ2) is 6.66. The third-order valence-electron chi connectivity index (χ3n) is 3.74. The molecule has 0 aliphatic rings. The minimum absolute atomic E-state index is 0.0386. The number of hydrogen-bond acceptors (Lipinski definition) is 3. The van der Waals surface area contributed by atoms with E-state index in [-0.39, 0.29) is 5.91 Å². The lowest BCUT2D eigenvalue weighted by Gasteiger charge is -2.09. The van der Waals surface area contributed by atoms with E-state index >= 15 is 0 Å². The first-order valence-corrected chi connectivity index (χ1v) is 7.69. The lowest BCUT2D eigenvalue weighted by Crippen LogP contribution is -2.27. The Morgan fingerprint density at radius 3 is 2.83 bits per heavy atom. The SMILES string of the molecule is CN(C)CCCNC(=O)c1ccc2cc(-c3ccn[nH]3)[nH]c2c1. The number of H-pyrrole nitrogens is 2. The Hall–Kier alpha value is -2.60. The van der Waals surface area contributed by atoms with Crippen molar-refractivity contribution in [2.45, 2.75) is 6.42 Å². The quantitative estimate of drug-likeness (QED) is 0.611. The summed E-state index contributed by atoms with van der Waals surface area (Å²) in [6.07, 6.45) is 2.65. The van der Waals surface area contributed by atoms with Gasteiger partial charge in [0.1, 0.15) is 0 Å². The second-order valence-electron chi connectivity index (χ2n) is 5.87. The van der Waals surface area contributed by atoms with Crippen LogP contribution >= 0.6 is 0 Å². The number of nitrogens with zero attached hydrogens (tertiary/aromatic N) is 2. The Bertz CT molecular complexity index is 789. The van der Waals surface area contributed by atoms with E-state index in [2.05, 4.69) is 25.4 Å². The monoisotopic (exact) mass is 311 g/mol. The predicted molar refractivity (Wildman–Crippen MR) is 91.4 cm³/mol. The van der Waals surface area contributed by atoms with Crippen LogP contribution in [0.25, 0.3) is 22.3 Å². The molecule has 0 unspecified atom stereocenters. The lowest BCUT2D eigenvalue weighted by atomic mass is 10.1. The fourth-order valence-electron chi connectivity index (χ4n) is 2.52. The molecule has 0 saturated heterocycles. The number of carbonyl (C=O) groups excluding carboxylic acids is 1. The van der Waals surface area contributed by atoms with Crippen LogP contribution in [0.15, 0.2) is 36.5 Å². The topological polar surface area (TPSA) is 76.8 Å². The summed E-state index contributed by atoms with van der Waals surface area (Å²) in [5.41, 5.74) is 3.49. The maximum Gasteiger partial charge on any atom is 0.251 e. The molecule has 0 spiro atoms. The van der Waals surface area contributed by atoms with Crippen LogP contribution in [-0.4, -0.2) is 53.2 Å². The van der Waals surface area contributed by atoms with Crippen molar-refractivity contribution in [1.82, 2.24) is 25.4 Å². The minimum Gasteiger partial charge on any atom is -0.353 e.